The Labute approximate surface area is 262 Å². The lowest BCUT2D eigenvalue weighted by Gasteiger charge is -2.46. The summed E-state index contributed by atoms with van der Waals surface area (Å²) in [7, 11) is 0. The van der Waals surface area contributed by atoms with Crippen molar-refractivity contribution in [3.8, 4) is 5.75 Å². The molecular weight excluding hydrogens is 584 g/mol. The summed E-state index contributed by atoms with van der Waals surface area (Å²) >= 11 is 6.70. The molecule has 0 radical (unpaired) electrons. The molecule has 0 saturated carbocycles. The van der Waals surface area contributed by atoms with Crippen molar-refractivity contribution in [3.63, 3.8) is 0 Å². The van der Waals surface area contributed by atoms with Gasteiger partial charge in [-0.15, -0.1) is 0 Å². The predicted octanol–water partition coefficient (Wildman–Crippen LogP) is 3.36. The molecule has 1 aliphatic carbocycles. The summed E-state index contributed by atoms with van der Waals surface area (Å²) in [5.41, 5.74) is 0.518. The fourth-order valence-electron chi connectivity index (χ4n) is 5.71. The van der Waals surface area contributed by atoms with Crippen molar-refractivity contribution in [1.29, 1.82) is 0 Å². The topological polar surface area (TPSA) is 133 Å². The molecule has 2 aromatic carbocycles. The van der Waals surface area contributed by atoms with Crippen LogP contribution in [0.4, 0.5) is 0 Å². The van der Waals surface area contributed by atoms with Crippen molar-refractivity contribution < 1.29 is 29.3 Å². The molecular formula is C33H41ClN4O6. The van der Waals surface area contributed by atoms with Crippen molar-refractivity contribution >= 4 is 17.2 Å². The average molecular weight is 625 g/mol. The standard InChI is InChI=1S/C33H41ClN4O6/c1-31(2)26(25-7-4-3-5-8-25)9-6-12-33(31,30-36-29(44-37-30)19-38-13-15-42-16-14-38)23-43-28-11-10-24(17-27(28)34)18-35-32(20-39,21-40)22-41/h3-12,17,35,39-41H,13-16,18-23H2,1-2H3. The molecule has 0 spiro atoms. The van der Waals surface area contributed by atoms with Gasteiger partial charge in [0.05, 0.1) is 55.6 Å². The highest BCUT2D eigenvalue weighted by Gasteiger charge is 2.52. The van der Waals surface area contributed by atoms with Gasteiger partial charge < -0.3 is 34.6 Å². The highest BCUT2D eigenvalue weighted by molar-refractivity contribution is 6.32. The van der Waals surface area contributed by atoms with E-state index in [1.54, 1.807) is 12.1 Å². The van der Waals surface area contributed by atoms with E-state index >= 15 is 0 Å². The first kappa shape index (κ1) is 32.3. The van der Waals surface area contributed by atoms with Gasteiger partial charge >= 0.3 is 0 Å². The molecule has 0 amide bonds. The molecule has 11 heteroatoms. The van der Waals surface area contributed by atoms with Crippen LogP contribution in [0.1, 0.15) is 36.7 Å². The van der Waals surface area contributed by atoms with Gasteiger partial charge in [-0.05, 0) is 28.8 Å². The SMILES string of the molecule is CC1(C)C(c2ccccc2)=CC=CC1(COc1ccc(CNC(CO)(CO)CO)cc1Cl)c1noc(CN2CCOCC2)n1. The van der Waals surface area contributed by atoms with Gasteiger partial charge in [0.25, 0.3) is 0 Å². The first-order valence-electron chi connectivity index (χ1n) is 14.8. The molecule has 1 saturated heterocycles. The number of benzene rings is 2. The maximum Gasteiger partial charge on any atom is 0.240 e. The molecule has 5 rings (SSSR count). The summed E-state index contributed by atoms with van der Waals surface area (Å²) in [6.07, 6.45) is 6.25. The molecule has 3 aromatic rings. The quantitative estimate of drug-likeness (QED) is 0.224. The number of halogens is 1. The Morgan fingerprint density at radius 1 is 1.05 bits per heavy atom. The van der Waals surface area contributed by atoms with Gasteiger partial charge in [-0.1, -0.05) is 85.2 Å². The first-order valence-corrected chi connectivity index (χ1v) is 15.2. The van der Waals surface area contributed by atoms with Crippen LogP contribution in [0.2, 0.25) is 5.02 Å². The molecule has 1 unspecified atom stereocenters. The van der Waals surface area contributed by atoms with Gasteiger partial charge in [-0.2, -0.15) is 4.98 Å². The fourth-order valence-corrected chi connectivity index (χ4v) is 5.97. The van der Waals surface area contributed by atoms with Crippen LogP contribution in [-0.2, 0) is 23.2 Å². The molecule has 1 atom stereocenters. The van der Waals surface area contributed by atoms with E-state index in [0.29, 0.717) is 42.2 Å². The van der Waals surface area contributed by atoms with Crippen LogP contribution in [-0.4, -0.2) is 88.6 Å². The smallest absolute Gasteiger partial charge is 0.240 e. The van der Waals surface area contributed by atoms with Crippen molar-refractivity contribution in [3.05, 3.63) is 94.6 Å². The number of nitrogens with one attached hydrogen (secondary N) is 1. The molecule has 236 valence electrons. The van der Waals surface area contributed by atoms with Crippen molar-refractivity contribution in [2.24, 2.45) is 5.41 Å². The van der Waals surface area contributed by atoms with Crippen molar-refractivity contribution in [2.75, 3.05) is 52.7 Å². The third kappa shape index (κ3) is 6.62. The maximum absolute atomic E-state index is 9.62. The predicted molar refractivity (Wildman–Crippen MR) is 167 cm³/mol. The summed E-state index contributed by atoms with van der Waals surface area (Å²) < 4.78 is 17.8. The Kier molecular flexibility index (Phi) is 10.2. The van der Waals surface area contributed by atoms with Crippen LogP contribution >= 0.6 is 11.6 Å². The second-order valence-electron chi connectivity index (χ2n) is 12.0. The van der Waals surface area contributed by atoms with Crippen molar-refractivity contribution in [1.82, 2.24) is 20.4 Å². The van der Waals surface area contributed by atoms with Gasteiger partial charge in [-0.25, -0.2) is 0 Å². The van der Waals surface area contributed by atoms with Gasteiger partial charge in [0.15, 0.2) is 5.82 Å². The van der Waals surface area contributed by atoms with Gasteiger partial charge in [0.2, 0.25) is 5.89 Å². The van der Waals surface area contributed by atoms with Gasteiger partial charge in [0.1, 0.15) is 12.4 Å². The minimum Gasteiger partial charge on any atom is -0.491 e. The van der Waals surface area contributed by atoms with E-state index in [0.717, 1.165) is 29.8 Å². The number of aliphatic hydroxyl groups is 3. The number of aliphatic hydroxyl groups excluding tert-OH is 3. The number of aromatic nitrogens is 2. The second kappa shape index (κ2) is 13.9. The van der Waals surface area contributed by atoms with Crippen LogP contribution in [0.5, 0.6) is 5.75 Å². The highest BCUT2D eigenvalue weighted by Crippen LogP contribution is 2.53. The molecule has 1 aliphatic heterocycles. The van der Waals surface area contributed by atoms with E-state index in [9.17, 15) is 15.3 Å². The Bertz CT molecular complexity index is 1440. The second-order valence-corrected chi connectivity index (χ2v) is 12.4. The Morgan fingerprint density at radius 3 is 2.45 bits per heavy atom. The third-order valence-corrected chi connectivity index (χ3v) is 9.17. The minimum absolute atomic E-state index is 0.192. The molecule has 1 fully saturated rings. The van der Waals surface area contributed by atoms with Gasteiger partial charge in [0, 0.05) is 25.0 Å². The Hall–Kier alpha value is -3.09. The number of hydrogen-bond acceptors (Lipinski definition) is 10. The summed E-state index contributed by atoms with van der Waals surface area (Å²) in [4.78, 5) is 7.16. The van der Waals surface area contributed by atoms with E-state index in [4.69, 9.17) is 30.6 Å². The van der Waals surface area contributed by atoms with Crippen LogP contribution in [0, 0.1) is 5.41 Å². The van der Waals surface area contributed by atoms with Crippen LogP contribution in [0.3, 0.4) is 0 Å². The van der Waals surface area contributed by atoms with Crippen molar-refractivity contribution in [2.45, 2.75) is 37.9 Å². The Morgan fingerprint density at radius 2 is 1.77 bits per heavy atom. The van der Waals surface area contributed by atoms with E-state index in [1.165, 1.54) is 0 Å². The molecule has 10 nitrogen and oxygen atoms in total. The average Bonchev–Trinajstić information content (AvgIpc) is 3.51. The molecule has 4 N–H and O–H groups in total. The minimum atomic E-state index is -1.19. The monoisotopic (exact) mass is 624 g/mol. The van der Waals surface area contributed by atoms with Crippen LogP contribution in [0.25, 0.3) is 5.57 Å². The Balaban J connectivity index is 1.42. The van der Waals surface area contributed by atoms with Gasteiger partial charge in [-0.3, -0.25) is 4.90 Å². The summed E-state index contributed by atoms with van der Waals surface area (Å²) in [6, 6.07) is 15.7. The largest absolute Gasteiger partial charge is 0.491 e. The number of hydrogen-bond donors (Lipinski definition) is 4. The number of ether oxygens (including phenoxy) is 2. The zero-order valence-electron chi connectivity index (χ0n) is 25.2. The number of nitrogens with zero attached hydrogens (tertiary/aromatic N) is 3. The van der Waals surface area contributed by atoms with E-state index < -0.39 is 36.2 Å². The number of allylic oxidation sites excluding steroid dienone is 3. The van der Waals surface area contributed by atoms with E-state index in [2.05, 4.69) is 53.5 Å². The zero-order valence-corrected chi connectivity index (χ0v) is 26.0. The normalized spacial score (nSPS) is 20.5. The lowest BCUT2D eigenvalue weighted by atomic mass is 9.58. The molecule has 1 aromatic heterocycles. The zero-order chi connectivity index (χ0) is 31.2. The molecule has 44 heavy (non-hydrogen) atoms. The first-order chi connectivity index (χ1) is 21.3. The lowest BCUT2D eigenvalue weighted by molar-refractivity contribution is 0.0297. The van der Waals surface area contributed by atoms with E-state index in [1.807, 2.05) is 30.3 Å². The molecule has 2 heterocycles. The molecule has 0 bridgehead atoms. The number of morpholine rings is 1. The van der Waals surface area contributed by atoms with E-state index in [-0.39, 0.29) is 13.2 Å². The number of rotatable bonds is 13. The lowest BCUT2D eigenvalue weighted by Crippen LogP contribution is -2.54. The summed E-state index contributed by atoms with van der Waals surface area (Å²) in [5.74, 6) is 1.57. The van der Waals surface area contributed by atoms with Crippen LogP contribution in [0.15, 0.2) is 71.3 Å². The summed E-state index contributed by atoms with van der Waals surface area (Å²) in [5, 5.41) is 36.8. The fraction of sp³-hybridized carbons (Fsp3) is 0.455. The molecule has 2 aliphatic rings. The highest BCUT2D eigenvalue weighted by atomic mass is 35.5. The summed E-state index contributed by atoms with van der Waals surface area (Å²) in [6.45, 7) is 7.10. The van der Waals surface area contributed by atoms with Crippen LogP contribution < -0.4 is 10.1 Å². The third-order valence-electron chi connectivity index (χ3n) is 8.87. The maximum atomic E-state index is 9.62.